The number of rotatable bonds is 1. The summed E-state index contributed by atoms with van der Waals surface area (Å²) in [5, 5.41) is 0. The van der Waals surface area contributed by atoms with E-state index in [2.05, 4.69) is 13.0 Å². The molecule has 13 heavy (non-hydrogen) atoms. The molecule has 0 radical (unpaired) electrons. The highest BCUT2D eigenvalue weighted by molar-refractivity contribution is 5.66. The van der Waals surface area contributed by atoms with Crippen molar-refractivity contribution in [2.75, 3.05) is 0 Å². The molecule has 1 aliphatic carbocycles. The summed E-state index contributed by atoms with van der Waals surface area (Å²) in [4.78, 5) is 10.8. The summed E-state index contributed by atoms with van der Waals surface area (Å²) in [6.07, 6.45) is 7.88. The summed E-state index contributed by atoms with van der Waals surface area (Å²) in [7, 11) is 0. The van der Waals surface area contributed by atoms with Crippen LogP contribution in [0.25, 0.3) is 0 Å². The third-order valence-corrected chi connectivity index (χ3v) is 2.36. The SMILES string of the molecule is CC(=O)OC1CCCCC=C(C)C1. The summed E-state index contributed by atoms with van der Waals surface area (Å²) in [5.41, 5.74) is 1.35. The lowest BCUT2D eigenvalue weighted by molar-refractivity contribution is -0.146. The van der Waals surface area contributed by atoms with Gasteiger partial charge in [-0.2, -0.15) is 0 Å². The van der Waals surface area contributed by atoms with E-state index in [9.17, 15) is 4.79 Å². The van der Waals surface area contributed by atoms with Gasteiger partial charge in [-0.15, -0.1) is 0 Å². The number of hydrogen-bond acceptors (Lipinski definition) is 2. The highest BCUT2D eigenvalue weighted by Gasteiger charge is 2.13. The summed E-state index contributed by atoms with van der Waals surface area (Å²) in [5.74, 6) is -0.154. The molecule has 0 spiro atoms. The van der Waals surface area contributed by atoms with Crippen molar-refractivity contribution in [3.8, 4) is 0 Å². The first kappa shape index (κ1) is 10.3. The summed E-state index contributed by atoms with van der Waals surface area (Å²) < 4.78 is 5.22. The Bertz CT molecular complexity index is 206. The molecule has 1 rings (SSSR count). The van der Waals surface area contributed by atoms with Gasteiger partial charge in [-0.3, -0.25) is 4.79 Å². The Kier molecular flexibility index (Phi) is 4.00. The Labute approximate surface area is 80.0 Å². The largest absolute Gasteiger partial charge is 0.462 e. The molecule has 0 aromatic heterocycles. The fourth-order valence-electron chi connectivity index (χ4n) is 1.74. The van der Waals surface area contributed by atoms with Crippen molar-refractivity contribution in [3.05, 3.63) is 11.6 Å². The van der Waals surface area contributed by atoms with Crippen molar-refractivity contribution in [2.45, 2.75) is 52.1 Å². The second-order valence-electron chi connectivity index (χ2n) is 3.77. The van der Waals surface area contributed by atoms with Crippen LogP contribution in [-0.2, 0) is 9.53 Å². The van der Waals surface area contributed by atoms with Crippen LogP contribution in [-0.4, -0.2) is 12.1 Å². The maximum absolute atomic E-state index is 10.8. The zero-order valence-electron chi connectivity index (χ0n) is 8.51. The standard InChI is InChI=1S/C11H18O2/c1-9-6-4-3-5-7-11(8-9)13-10(2)12/h6,11H,3-5,7-8H2,1-2H3. The molecule has 1 atom stereocenters. The van der Waals surface area contributed by atoms with E-state index in [1.54, 1.807) is 0 Å². The van der Waals surface area contributed by atoms with Crippen molar-refractivity contribution in [3.63, 3.8) is 0 Å². The van der Waals surface area contributed by atoms with Crippen LogP contribution in [0, 0.1) is 0 Å². The van der Waals surface area contributed by atoms with Gasteiger partial charge in [-0.1, -0.05) is 11.6 Å². The van der Waals surface area contributed by atoms with E-state index in [0.717, 1.165) is 12.8 Å². The van der Waals surface area contributed by atoms with Crippen LogP contribution < -0.4 is 0 Å². The molecule has 0 saturated carbocycles. The third-order valence-electron chi connectivity index (χ3n) is 2.36. The minimum Gasteiger partial charge on any atom is -0.462 e. The predicted octanol–water partition coefficient (Wildman–Crippen LogP) is 2.83. The van der Waals surface area contributed by atoms with Gasteiger partial charge in [0.2, 0.25) is 0 Å². The first-order valence-corrected chi connectivity index (χ1v) is 5.01. The molecule has 2 heteroatoms. The summed E-state index contributed by atoms with van der Waals surface area (Å²) >= 11 is 0. The Morgan fingerprint density at radius 2 is 2.31 bits per heavy atom. The van der Waals surface area contributed by atoms with Crippen LogP contribution in [0.3, 0.4) is 0 Å². The number of allylic oxidation sites excluding steroid dienone is 1. The highest BCUT2D eigenvalue weighted by atomic mass is 16.5. The molecular weight excluding hydrogens is 164 g/mol. The summed E-state index contributed by atoms with van der Waals surface area (Å²) in [6, 6.07) is 0. The van der Waals surface area contributed by atoms with Crippen molar-refractivity contribution in [1.29, 1.82) is 0 Å². The molecular formula is C11H18O2. The molecule has 1 aliphatic rings. The molecule has 0 aromatic rings. The molecule has 0 aromatic carbocycles. The highest BCUT2D eigenvalue weighted by Crippen LogP contribution is 2.19. The first-order chi connectivity index (χ1) is 6.18. The number of esters is 1. The van der Waals surface area contributed by atoms with Crippen molar-refractivity contribution < 1.29 is 9.53 Å². The number of ether oxygens (including phenoxy) is 1. The van der Waals surface area contributed by atoms with Crippen LogP contribution in [0.2, 0.25) is 0 Å². The van der Waals surface area contributed by atoms with Crippen LogP contribution in [0.5, 0.6) is 0 Å². The Morgan fingerprint density at radius 1 is 1.54 bits per heavy atom. The van der Waals surface area contributed by atoms with Crippen molar-refractivity contribution in [2.24, 2.45) is 0 Å². The van der Waals surface area contributed by atoms with Crippen LogP contribution in [0.1, 0.15) is 46.0 Å². The predicted molar refractivity (Wildman–Crippen MR) is 52.4 cm³/mol. The van der Waals surface area contributed by atoms with E-state index in [0.29, 0.717) is 0 Å². The average Bonchev–Trinajstić information content (AvgIpc) is 1.98. The zero-order valence-corrected chi connectivity index (χ0v) is 8.51. The Balaban J connectivity index is 2.47. The van der Waals surface area contributed by atoms with Crippen LogP contribution >= 0.6 is 0 Å². The van der Waals surface area contributed by atoms with E-state index in [4.69, 9.17) is 4.74 Å². The molecule has 0 N–H and O–H groups in total. The minimum atomic E-state index is -0.154. The Hall–Kier alpha value is -0.790. The number of hydrogen-bond donors (Lipinski definition) is 0. The third kappa shape index (κ3) is 4.11. The van der Waals surface area contributed by atoms with Crippen molar-refractivity contribution in [1.82, 2.24) is 0 Å². The van der Waals surface area contributed by atoms with Gasteiger partial charge in [0.1, 0.15) is 6.10 Å². The normalized spacial score (nSPS) is 24.2. The van der Waals surface area contributed by atoms with E-state index in [1.165, 1.54) is 31.8 Å². The molecule has 74 valence electrons. The lowest BCUT2D eigenvalue weighted by Gasteiger charge is -2.19. The van der Waals surface area contributed by atoms with E-state index >= 15 is 0 Å². The molecule has 0 fully saturated rings. The van der Waals surface area contributed by atoms with Crippen LogP contribution in [0.15, 0.2) is 11.6 Å². The number of carbonyl (C=O) groups is 1. The average molecular weight is 182 g/mol. The monoisotopic (exact) mass is 182 g/mol. The summed E-state index contributed by atoms with van der Waals surface area (Å²) in [6.45, 7) is 3.60. The van der Waals surface area contributed by atoms with Crippen molar-refractivity contribution >= 4 is 5.97 Å². The lowest BCUT2D eigenvalue weighted by Crippen LogP contribution is -2.17. The Morgan fingerprint density at radius 3 is 3.00 bits per heavy atom. The van der Waals surface area contributed by atoms with Gasteiger partial charge < -0.3 is 4.74 Å². The molecule has 0 heterocycles. The maximum atomic E-state index is 10.8. The topological polar surface area (TPSA) is 26.3 Å². The minimum absolute atomic E-state index is 0.119. The smallest absolute Gasteiger partial charge is 0.302 e. The molecule has 0 bridgehead atoms. The quantitative estimate of drug-likeness (QED) is 0.460. The van der Waals surface area contributed by atoms with Gasteiger partial charge in [0, 0.05) is 13.3 Å². The fraction of sp³-hybridized carbons (Fsp3) is 0.727. The molecule has 2 nitrogen and oxygen atoms in total. The van der Waals surface area contributed by atoms with Gasteiger partial charge in [0.25, 0.3) is 0 Å². The first-order valence-electron chi connectivity index (χ1n) is 5.01. The molecule has 0 amide bonds. The fourth-order valence-corrected chi connectivity index (χ4v) is 1.74. The molecule has 1 unspecified atom stereocenters. The van der Waals surface area contributed by atoms with Gasteiger partial charge in [-0.05, 0) is 32.6 Å². The van der Waals surface area contributed by atoms with E-state index in [1.807, 2.05) is 0 Å². The zero-order chi connectivity index (χ0) is 9.68. The second kappa shape index (κ2) is 5.05. The van der Waals surface area contributed by atoms with Gasteiger partial charge in [0.15, 0.2) is 0 Å². The van der Waals surface area contributed by atoms with E-state index < -0.39 is 0 Å². The maximum Gasteiger partial charge on any atom is 0.302 e. The second-order valence-corrected chi connectivity index (χ2v) is 3.77. The van der Waals surface area contributed by atoms with Gasteiger partial charge >= 0.3 is 5.97 Å². The van der Waals surface area contributed by atoms with Crippen LogP contribution in [0.4, 0.5) is 0 Å². The molecule has 0 saturated heterocycles. The number of carbonyl (C=O) groups excluding carboxylic acids is 1. The molecule has 0 aliphatic heterocycles. The van der Waals surface area contributed by atoms with E-state index in [-0.39, 0.29) is 12.1 Å². The van der Waals surface area contributed by atoms with Gasteiger partial charge in [-0.25, -0.2) is 0 Å². The lowest BCUT2D eigenvalue weighted by atomic mass is 9.99. The van der Waals surface area contributed by atoms with Gasteiger partial charge in [0.05, 0.1) is 0 Å².